The van der Waals surface area contributed by atoms with Crippen LogP contribution in [-0.4, -0.2) is 69.1 Å². The molecule has 1 saturated heterocycles. The molecular formula is C23H25N7O. The standard InChI is InChI=1S/C23H25N7O/c1-29-9-11-30(12-10-29)15-16-7-8-18-19(13-16)26-22(25-18)21-20(14-24-28-21)27-23(31)17-5-3-2-4-6-17/h2-8,13-14H,9-12,15H2,1H3,(H,24,28)(H,25,26)(H,27,31). The number of likely N-dealkylation sites (N-methyl/N-ethyl adjacent to an activating group) is 1. The maximum absolute atomic E-state index is 12.5. The zero-order valence-corrected chi connectivity index (χ0v) is 17.4. The molecule has 0 atom stereocenters. The minimum Gasteiger partial charge on any atom is -0.337 e. The molecule has 0 aliphatic carbocycles. The third-order valence-corrected chi connectivity index (χ3v) is 5.71. The molecule has 0 bridgehead atoms. The summed E-state index contributed by atoms with van der Waals surface area (Å²) in [5, 5.41) is 9.97. The van der Waals surface area contributed by atoms with Crippen LogP contribution in [0, 0.1) is 0 Å². The highest BCUT2D eigenvalue weighted by atomic mass is 16.1. The van der Waals surface area contributed by atoms with Crippen LogP contribution >= 0.6 is 0 Å². The number of carbonyl (C=O) groups excluding carboxylic acids is 1. The largest absolute Gasteiger partial charge is 0.337 e. The van der Waals surface area contributed by atoms with Crippen LogP contribution in [0.25, 0.3) is 22.6 Å². The SMILES string of the molecule is CN1CCN(Cc2ccc3nc(-c4[nH]ncc4NC(=O)c4ccccc4)[nH]c3c2)CC1. The summed E-state index contributed by atoms with van der Waals surface area (Å²) < 4.78 is 0. The molecule has 158 valence electrons. The smallest absolute Gasteiger partial charge is 0.255 e. The topological polar surface area (TPSA) is 92.9 Å². The third-order valence-electron chi connectivity index (χ3n) is 5.71. The Bertz CT molecular complexity index is 1190. The summed E-state index contributed by atoms with van der Waals surface area (Å²) in [5.41, 5.74) is 4.94. The average Bonchev–Trinajstić information content (AvgIpc) is 3.42. The second kappa shape index (κ2) is 8.33. The number of aromatic nitrogens is 4. The van der Waals surface area contributed by atoms with Crippen LogP contribution in [0.4, 0.5) is 5.69 Å². The average molecular weight is 416 g/mol. The number of imidazole rings is 1. The number of fused-ring (bicyclic) bond motifs is 1. The zero-order chi connectivity index (χ0) is 21.2. The second-order valence-electron chi connectivity index (χ2n) is 8.00. The van der Waals surface area contributed by atoms with Gasteiger partial charge in [0.2, 0.25) is 0 Å². The molecule has 1 amide bonds. The number of benzene rings is 2. The molecule has 2 aromatic heterocycles. The fourth-order valence-corrected chi connectivity index (χ4v) is 3.88. The van der Waals surface area contributed by atoms with E-state index in [1.807, 2.05) is 24.3 Å². The number of amides is 1. The van der Waals surface area contributed by atoms with Gasteiger partial charge in [0, 0.05) is 38.3 Å². The first-order chi connectivity index (χ1) is 15.2. The van der Waals surface area contributed by atoms with Gasteiger partial charge in [-0.05, 0) is 36.9 Å². The molecule has 8 heteroatoms. The first-order valence-corrected chi connectivity index (χ1v) is 10.5. The van der Waals surface area contributed by atoms with E-state index in [1.165, 1.54) is 5.56 Å². The second-order valence-corrected chi connectivity index (χ2v) is 8.00. The summed E-state index contributed by atoms with van der Waals surface area (Å²) >= 11 is 0. The van der Waals surface area contributed by atoms with Gasteiger partial charge in [0.1, 0.15) is 5.69 Å². The maximum atomic E-state index is 12.5. The van der Waals surface area contributed by atoms with Crippen LogP contribution < -0.4 is 5.32 Å². The molecule has 0 unspecified atom stereocenters. The van der Waals surface area contributed by atoms with Crippen LogP contribution in [0.2, 0.25) is 0 Å². The van der Waals surface area contributed by atoms with Gasteiger partial charge in [-0.1, -0.05) is 24.3 Å². The highest BCUT2D eigenvalue weighted by molar-refractivity contribution is 6.05. The Morgan fingerprint density at radius 3 is 2.71 bits per heavy atom. The molecule has 5 rings (SSSR count). The zero-order valence-electron chi connectivity index (χ0n) is 17.4. The van der Waals surface area contributed by atoms with Crippen molar-refractivity contribution in [3.8, 4) is 11.5 Å². The minimum atomic E-state index is -0.186. The molecule has 0 saturated carbocycles. The number of carbonyl (C=O) groups is 1. The van der Waals surface area contributed by atoms with Crippen molar-refractivity contribution >= 4 is 22.6 Å². The molecule has 3 heterocycles. The molecule has 4 aromatic rings. The monoisotopic (exact) mass is 415 g/mol. The van der Waals surface area contributed by atoms with Crippen molar-refractivity contribution in [1.29, 1.82) is 0 Å². The Labute approximate surface area is 180 Å². The summed E-state index contributed by atoms with van der Waals surface area (Å²) in [5.74, 6) is 0.460. The van der Waals surface area contributed by atoms with E-state index in [9.17, 15) is 4.79 Å². The lowest BCUT2D eigenvalue weighted by molar-refractivity contribution is 0.102. The van der Waals surface area contributed by atoms with E-state index in [0.717, 1.165) is 43.8 Å². The van der Waals surface area contributed by atoms with E-state index in [1.54, 1.807) is 18.3 Å². The summed E-state index contributed by atoms with van der Waals surface area (Å²) in [7, 11) is 2.17. The van der Waals surface area contributed by atoms with Crippen molar-refractivity contribution in [3.05, 3.63) is 65.9 Å². The fraction of sp³-hybridized carbons (Fsp3) is 0.261. The molecule has 1 aliphatic heterocycles. The number of anilines is 1. The first kappa shape index (κ1) is 19.5. The number of nitrogens with one attached hydrogen (secondary N) is 3. The van der Waals surface area contributed by atoms with Crippen molar-refractivity contribution in [2.75, 3.05) is 38.5 Å². The quantitative estimate of drug-likeness (QED) is 0.466. The van der Waals surface area contributed by atoms with Crippen molar-refractivity contribution < 1.29 is 4.79 Å². The first-order valence-electron chi connectivity index (χ1n) is 10.5. The molecule has 8 nitrogen and oxygen atoms in total. The number of hydrogen-bond donors (Lipinski definition) is 3. The van der Waals surface area contributed by atoms with Crippen LogP contribution in [0.5, 0.6) is 0 Å². The van der Waals surface area contributed by atoms with Gasteiger partial charge in [-0.25, -0.2) is 4.98 Å². The normalized spacial score (nSPS) is 15.4. The minimum absolute atomic E-state index is 0.186. The number of piperazine rings is 1. The van der Waals surface area contributed by atoms with Crippen LogP contribution in [0.1, 0.15) is 15.9 Å². The molecule has 2 aromatic carbocycles. The number of H-pyrrole nitrogens is 2. The Morgan fingerprint density at radius 2 is 1.90 bits per heavy atom. The van der Waals surface area contributed by atoms with E-state index in [4.69, 9.17) is 4.98 Å². The van der Waals surface area contributed by atoms with Crippen LogP contribution in [0.15, 0.2) is 54.7 Å². The van der Waals surface area contributed by atoms with Gasteiger partial charge in [0.15, 0.2) is 5.82 Å². The van der Waals surface area contributed by atoms with Gasteiger partial charge in [0.25, 0.3) is 5.91 Å². The van der Waals surface area contributed by atoms with E-state index in [2.05, 4.69) is 49.5 Å². The number of aromatic amines is 2. The van der Waals surface area contributed by atoms with Crippen LogP contribution in [-0.2, 0) is 6.54 Å². The lowest BCUT2D eigenvalue weighted by Gasteiger charge is -2.32. The number of nitrogens with zero attached hydrogens (tertiary/aromatic N) is 4. The number of hydrogen-bond acceptors (Lipinski definition) is 5. The van der Waals surface area contributed by atoms with Gasteiger partial charge in [-0.15, -0.1) is 0 Å². The lowest BCUT2D eigenvalue weighted by Crippen LogP contribution is -2.43. The molecule has 31 heavy (non-hydrogen) atoms. The molecular weight excluding hydrogens is 390 g/mol. The molecule has 3 N–H and O–H groups in total. The van der Waals surface area contributed by atoms with Gasteiger partial charge >= 0.3 is 0 Å². The van der Waals surface area contributed by atoms with Crippen molar-refractivity contribution in [1.82, 2.24) is 30.0 Å². The van der Waals surface area contributed by atoms with Gasteiger partial charge < -0.3 is 15.2 Å². The predicted octanol–water partition coefficient (Wildman–Crippen LogP) is 2.95. The summed E-state index contributed by atoms with van der Waals surface area (Å²) in [6.45, 7) is 5.31. The summed E-state index contributed by atoms with van der Waals surface area (Å²) in [6.07, 6.45) is 1.60. The van der Waals surface area contributed by atoms with Crippen molar-refractivity contribution in [2.24, 2.45) is 0 Å². The Hall–Kier alpha value is -3.49. The lowest BCUT2D eigenvalue weighted by atomic mass is 10.1. The van der Waals surface area contributed by atoms with Crippen LogP contribution in [0.3, 0.4) is 0 Å². The van der Waals surface area contributed by atoms with E-state index in [0.29, 0.717) is 22.8 Å². The van der Waals surface area contributed by atoms with Crippen molar-refractivity contribution in [3.63, 3.8) is 0 Å². The Kier molecular flexibility index (Phi) is 5.23. The predicted molar refractivity (Wildman–Crippen MR) is 121 cm³/mol. The summed E-state index contributed by atoms with van der Waals surface area (Å²) in [4.78, 5) is 25.4. The third kappa shape index (κ3) is 4.21. The molecule has 1 fully saturated rings. The number of rotatable bonds is 5. The Balaban J connectivity index is 1.35. The van der Waals surface area contributed by atoms with E-state index < -0.39 is 0 Å². The van der Waals surface area contributed by atoms with Gasteiger partial charge in [0.05, 0.1) is 22.9 Å². The maximum Gasteiger partial charge on any atom is 0.255 e. The highest BCUT2D eigenvalue weighted by Gasteiger charge is 2.17. The van der Waals surface area contributed by atoms with E-state index >= 15 is 0 Å². The van der Waals surface area contributed by atoms with E-state index in [-0.39, 0.29) is 5.91 Å². The highest BCUT2D eigenvalue weighted by Crippen LogP contribution is 2.26. The molecule has 0 spiro atoms. The Morgan fingerprint density at radius 1 is 1.10 bits per heavy atom. The fourth-order valence-electron chi connectivity index (χ4n) is 3.88. The summed E-state index contributed by atoms with van der Waals surface area (Å²) in [6, 6.07) is 15.4. The van der Waals surface area contributed by atoms with Gasteiger partial charge in [-0.2, -0.15) is 5.10 Å². The molecule has 1 aliphatic rings. The molecule has 0 radical (unpaired) electrons. The van der Waals surface area contributed by atoms with Crippen molar-refractivity contribution in [2.45, 2.75) is 6.54 Å². The van der Waals surface area contributed by atoms with Gasteiger partial charge in [-0.3, -0.25) is 14.8 Å².